The summed E-state index contributed by atoms with van der Waals surface area (Å²) >= 11 is 9.42. The standard InChI is InChI=1S/C23H29BrClN3O4S/c1-5-16(2)26-23(30)17(3)27(14-18-7-6-8-20(25)13-18)22(29)15-28(33(4,31)32)21-11-9-19(24)10-12-21/h6-13,16-17H,5,14-15H2,1-4H3,(H,26,30)/t16-,17-/m0/s1. The number of carbonyl (C=O) groups is 2. The van der Waals surface area contributed by atoms with E-state index in [0.29, 0.717) is 10.7 Å². The van der Waals surface area contributed by atoms with E-state index in [0.717, 1.165) is 27.0 Å². The monoisotopic (exact) mass is 557 g/mol. The fourth-order valence-electron chi connectivity index (χ4n) is 3.10. The minimum absolute atomic E-state index is 0.0571. The number of sulfonamides is 1. The van der Waals surface area contributed by atoms with Crippen molar-refractivity contribution in [3.8, 4) is 0 Å². The Hall–Kier alpha value is -2.10. The van der Waals surface area contributed by atoms with E-state index in [1.807, 2.05) is 13.8 Å². The van der Waals surface area contributed by atoms with Gasteiger partial charge in [-0.05, 0) is 62.2 Å². The Morgan fingerprint density at radius 3 is 2.30 bits per heavy atom. The number of anilines is 1. The zero-order chi connectivity index (χ0) is 24.8. The van der Waals surface area contributed by atoms with E-state index >= 15 is 0 Å². The van der Waals surface area contributed by atoms with Crippen LogP contribution in [0.15, 0.2) is 53.0 Å². The number of hydrogen-bond acceptors (Lipinski definition) is 4. The van der Waals surface area contributed by atoms with Crippen LogP contribution in [0.5, 0.6) is 0 Å². The van der Waals surface area contributed by atoms with Crippen molar-refractivity contribution in [3.63, 3.8) is 0 Å². The van der Waals surface area contributed by atoms with Crippen LogP contribution < -0.4 is 9.62 Å². The minimum Gasteiger partial charge on any atom is -0.352 e. The van der Waals surface area contributed by atoms with E-state index in [-0.39, 0.29) is 18.5 Å². The number of carbonyl (C=O) groups excluding carboxylic acids is 2. The first-order valence-electron chi connectivity index (χ1n) is 10.5. The number of amides is 2. The van der Waals surface area contributed by atoms with E-state index < -0.39 is 28.5 Å². The predicted octanol–water partition coefficient (Wildman–Crippen LogP) is 4.20. The fraction of sp³-hybridized carbons (Fsp3) is 0.391. The maximum Gasteiger partial charge on any atom is 0.244 e. The molecular formula is C23H29BrClN3O4S. The lowest BCUT2D eigenvalue weighted by molar-refractivity contribution is -0.139. The van der Waals surface area contributed by atoms with Gasteiger partial charge in [0.15, 0.2) is 0 Å². The van der Waals surface area contributed by atoms with Gasteiger partial charge in [0, 0.05) is 22.1 Å². The summed E-state index contributed by atoms with van der Waals surface area (Å²) in [6.07, 6.45) is 1.79. The molecule has 1 N–H and O–H groups in total. The van der Waals surface area contributed by atoms with Crippen molar-refractivity contribution in [1.29, 1.82) is 0 Å². The molecule has 0 spiro atoms. The zero-order valence-electron chi connectivity index (χ0n) is 19.1. The molecule has 33 heavy (non-hydrogen) atoms. The number of hydrogen-bond donors (Lipinski definition) is 1. The Kier molecular flexibility index (Phi) is 9.75. The van der Waals surface area contributed by atoms with Crippen LogP contribution in [-0.2, 0) is 26.2 Å². The minimum atomic E-state index is -3.76. The molecule has 0 aliphatic carbocycles. The Bertz CT molecular complexity index is 1080. The van der Waals surface area contributed by atoms with E-state index in [1.54, 1.807) is 55.5 Å². The molecule has 0 fully saturated rings. The van der Waals surface area contributed by atoms with Crippen LogP contribution in [0.4, 0.5) is 5.69 Å². The molecule has 0 bridgehead atoms. The van der Waals surface area contributed by atoms with Gasteiger partial charge in [-0.15, -0.1) is 0 Å². The molecular weight excluding hydrogens is 530 g/mol. The second-order valence-electron chi connectivity index (χ2n) is 7.89. The second kappa shape index (κ2) is 11.9. The van der Waals surface area contributed by atoms with Gasteiger partial charge < -0.3 is 10.2 Å². The van der Waals surface area contributed by atoms with Gasteiger partial charge in [-0.2, -0.15) is 0 Å². The molecule has 0 aromatic heterocycles. The molecule has 0 saturated carbocycles. The molecule has 2 rings (SSSR count). The smallest absolute Gasteiger partial charge is 0.244 e. The lowest BCUT2D eigenvalue weighted by Crippen LogP contribution is -2.52. The van der Waals surface area contributed by atoms with Gasteiger partial charge in [-0.25, -0.2) is 8.42 Å². The molecule has 2 aromatic rings. The normalized spacial score (nSPS) is 13.2. The van der Waals surface area contributed by atoms with Crippen molar-refractivity contribution in [2.75, 3.05) is 17.1 Å². The SMILES string of the molecule is CC[C@H](C)NC(=O)[C@H](C)N(Cc1cccc(Cl)c1)C(=O)CN(c1ccc(Br)cc1)S(C)(=O)=O. The van der Waals surface area contributed by atoms with Crippen LogP contribution in [0.3, 0.4) is 0 Å². The van der Waals surface area contributed by atoms with Crippen molar-refractivity contribution in [2.24, 2.45) is 0 Å². The summed E-state index contributed by atoms with van der Waals surface area (Å²) in [5, 5.41) is 3.39. The first kappa shape index (κ1) is 27.1. The molecule has 2 atom stereocenters. The third kappa shape index (κ3) is 8.01. The highest BCUT2D eigenvalue weighted by Crippen LogP contribution is 2.22. The Morgan fingerprint density at radius 1 is 1.12 bits per heavy atom. The summed E-state index contributed by atoms with van der Waals surface area (Å²) in [6.45, 7) is 5.12. The zero-order valence-corrected chi connectivity index (χ0v) is 22.2. The van der Waals surface area contributed by atoms with Crippen molar-refractivity contribution < 1.29 is 18.0 Å². The van der Waals surface area contributed by atoms with Gasteiger partial charge in [-0.3, -0.25) is 13.9 Å². The second-order valence-corrected chi connectivity index (χ2v) is 11.2. The van der Waals surface area contributed by atoms with E-state index in [2.05, 4.69) is 21.2 Å². The average Bonchev–Trinajstić information content (AvgIpc) is 2.75. The summed E-state index contributed by atoms with van der Waals surface area (Å²) in [7, 11) is -3.76. The number of benzene rings is 2. The lowest BCUT2D eigenvalue weighted by Gasteiger charge is -2.32. The molecule has 0 aliphatic rings. The molecule has 0 radical (unpaired) electrons. The van der Waals surface area contributed by atoms with Crippen molar-refractivity contribution >= 4 is 55.1 Å². The topological polar surface area (TPSA) is 86.8 Å². The molecule has 180 valence electrons. The first-order valence-corrected chi connectivity index (χ1v) is 13.5. The summed E-state index contributed by atoms with van der Waals surface area (Å²) in [4.78, 5) is 27.6. The summed E-state index contributed by atoms with van der Waals surface area (Å²) in [5.41, 5.74) is 1.09. The van der Waals surface area contributed by atoms with Gasteiger partial charge in [-0.1, -0.05) is 46.6 Å². The Labute approximate surface area is 209 Å². The molecule has 10 heteroatoms. The fourth-order valence-corrected chi connectivity index (χ4v) is 4.43. The van der Waals surface area contributed by atoms with Crippen molar-refractivity contribution in [3.05, 3.63) is 63.6 Å². The Balaban J connectivity index is 2.37. The quantitative estimate of drug-likeness (QED) is 0.474. The van der Waals surface area contributed by atoms with Gasteiger partial charge in [0.05, 0.1) is 11.9 Å². The van der Waals surface area contributed by atoms with Crippen molar-refractivity contribution in [1.82, 2.24) is 10.2 Å². The summed E-state index contributed by atoms with van der Waals surface area (Å²) < 4.78 is 26.8. The van der Waals surface area contributed by atoms with Gasteiger partial charge in [0.25, 0.3) is 0 Å². The number of halogens is 2. The van der Waals surface area contributed by atoms with E-state index in [1.165, 1.54) is 4.90 Å². The van der Waals surface area contributed by atoms with Crippen LogP contribution in [0.2, 0.25) is 5.02 Å². The average molecular weight is 559 g/mol. The highest BCUT2D eigenvalue weighted by molar-refractivity contribution is 9.10. The molecule has 0 heterocycles. The summed E-state index contributed by atoms with van der Waals surface area (Å²) in [6, 6.07) is 12.7. The van der Waals surface area contributed by atoms with Crippen LogP contribution in [0.1, 0.15) is 32.8 Å². The van der Waals surface area contributed by atoms with Gasteiger partial charge in [0.1, 0.15) is 12.6 Å². The van der Waals surface area contributed by atoms with Crippen LogP contribution >= 0.6 is 27.5 Å². The maximum absolute atomic E-state index is 13.4. The van der Waals surface area contributed by atoms with Crippen molar-refractivity contribution in [2.45, 2.75) is 45.8 Å². The van der Waals surface area contributed by atoms with Gasteiger partial charge >= 0.3 is 0 Å². The maximum atomic E-state index is 13.4. The van der Waals surface area contributed by atoms with E-state index in [9.17, 15) is 18.0 Å². The summed E-state index contributed by atoms with van der Waals surface area (Å²) in [5.74, 6) is -0.815. The molecule has 2 aromatic carbocycles. The largest absolute Gasteiger partial charge is 0.352 e. The highest BCUT2D eigenvalue weighted by Gasteiger charge is 2.30. The molecule has 0 saturated heterocycles. The van der Waals surface area contributed by atoms with Crippen LogP contribution in [0.25, 0.3) is 0 Å². The van der Waals surface area contributed by atoms with Crippen LogP contribution in [0, 0.1) is 0 Å². The molecule has 0 aliphatic heterocycles. The highest BCUT2D eigenvalue weighted by atomic mass is 79.9. The Morgan fingerprint density at radius 2 is 1.76 bits per heavy atom. The third-order valence-corrected chi connectivity index (χ3v) is 7.11. The van der Waals surface area contributed by atoms with Gasteiger partial charge in [0.2, 0.25) is 21.8 Å². The van der Waals surface area contributed by atoms with E-state index in [4.69, 9.17) is 11.6 Å². The molecule has 0 unspecified atom stereocenters. The first-order chi connectivity index (χ1) is 15.4. The molecule has 2 amide bonds. The lowest BCUT2D eigenvalue weighted by atomic mass is 10.1. The predicted molar refractivity (Wildman–Crippen MR) is 136 cm³/mol. The molecule has 7 nitrogen and oxygen atoms in total. The third-order valence-electron chi connectivity index (χ3n) is 5.20. The number of nitrogens with zero attached hydrogens (tertiary/aromatic N) is 2. The van der Waals surface area contributed by atoms with Crippen LogP contribution in [-0.4, -0.2) is 50.0 Å². The number of nitrogens with one attached hydrogen (secondary N) is 1. The number of rotatable bonds is 10.